The summed E-state index contributed by atoms with van der Waals surface area (Å²) in [7, 11) is 0. The summed E-state index contributed by atoms with van der Waals surface area (Å²) < 4.78 is 1.47. The Morgan fingerprint density at radius 2 is 1.87 bits per heavy atom. The second-order valence-electron chi connectivity index (χ2n) is 7.62. The monoisotopic (exact) mass is 412 g/mol. The van der Waals surface area contributed by atoms with Gasteiger partial charge in [0.2, 0.25) is 5.91 Å². The number of nitrogens with one attached hydrogen (secondary N) is 4. The third-order valence-electron chi connectivity index (χ3n) is 5.20. The van der Waals surface area contributed by atoms with Crippen LogP contribution in [0.2, 0.25) is 0 Å². The number of carbonyl (C=O) groups excluding carboxylic acids is 3. The van der Waals surface area contributed by atoms with E-state index in [0.29, 0.717) is 11.5 Å². The molecular weight excluding hydrogens is 384 g/mol. The van der Waals surface area contributed by atoms with E-state index in [1.807, 2.05) is 45.0 Å². The zero-order valence-corrected chi connectivity index (χ0v) is 17.7. The van der Waals surface area contributed by atoms with Crippen LogP contribution in [0, 0.1) is 19.8 Å². The van der Waals surface area contributed by atoms with Crippen LogP contribution in [0.5, 0.6) is 0 Å². The van der Waals surface area contributed by atoms with Crippen molar-refractivity contribution < 1.29 is 14.4 Å². The van der Waals surface area contributed by atoms with Crippen LogP contribution in [-0.4, -0.2) is 33.5 Å². The molecule has 9 heteroatoms. The minimum absolute atomic E-state index is 0.0559. The number of hydrogen-bond acceptors (Lipinski definition) is 5. The molecule has 1 fully saturated rings. The number of benzene rings is 1. The SMILES string of the molecule is CCC1C(=O)NC(n2nc(C)cc2NC(=O)C(=O)NCc2ccc(C)cc2)NC1C. The van der Waals surface area contributed by atoms with Crippen LogP contribution in [-0.2, 0) is 20.9 Å². The molecule has 9 nitrogen and oxygen atoms in total. The van der Waals surface area contributed by atoms with Crippen LogP contribution in [0.15, 0.2) is 30.3 Å². The van der Waals surface area contributed by atoms with Crippen molar-refractivity contribution >= 4 is 23.5 Å². The number of carbonyl (C=O) groups is 3. The Morgan fingerprint density at radius 1 is 1.17 bits per heavy atom. The smallest absolute Gasteiger partial charge is 0.314 e. The molecule has 1 saturated heterocycles. The largest absolute Gasteiger partial charge is 0.344 e. The van der Waals surface area contributed by atoms with Crippen molar-refractivity contribution in [3.63, 3.8) is 0 Å². The molecular formula is C21H28N6O3. The molecule has 3 rings (SSSR count). The Labute approximate surface area is 175 Å². The first kappa shape index (κ1) is 21.5. The Balaban J connectivity index is 1.65. The van der Waals surface area contributed by atoms with Crippen molar-refractivity contribution in [1.82, 2.24) is 25.7 Å². The Kier molecular flexibility index (Phi) is 6.51. The van der Waals surface area contributed by atoms with Gasteiger partial charge in [0, 0.05) is 18.7 Å². The molecule has 3 atom stereocenters. The molecule has 160 valence electrons. The molecule has 2 heterocycles. The van der Waals surface area contributed by atoms with E-state index in [-0.39, 0.29) is 24.4 Å². The van der Waals surface area contributed by atoms with Crippen molar-refractivity contribution in [2.24, 2.45) is 5.92 Å². The van der Waals surface area contributed by atoms with E-state index in [1.165, 1.54) is 4.68 Å². The van der Waals surface area contributed by atoms with Crippen LogP contribution in [0.25, 0.3) is 0 Å². The molecule has 0 bridgehead atoms. The van der Waals surface area contributed by atoms with Crippen molar-refractivity contribution in [3.8, 4) is 0 Å². The topological polar surface area (TPSA) is 117 Å². The number of amides is 3. The summed E-state index contributed by atoms with van der Waals surface area (Å²) in [6, 6.07) is 9.27. The molecule has 2 aromatic rings. The standard InChI is InChI=1S/C21H28N6O3/c1-5-16-14(4)23-21(25-18(16)28)27-17(10-13(3)26-27)24-20(30)19(29)22-11-15-8-6-12(2)7-9-15/h6-10,14,16,21,23H,5,11H2,1-4H3,(H,22,29)(H,24,30)(H,25,28). The maximum absolute atomic E-state index is 12.4. The van der Waals surface area contributed by atoms with Gasteiger partial charge in [0.05, 0.1) is 11.6 Å². The zero-order chi connectivity index (χ0) is 21.8. The number of rotatable bonds is 5. The average molecular weight is 412 g/mol. The highest BCUT2D eigenvalue weighted by molar-refractivity contribution is 6.39. The number of nitrogens with zero attached hydrogens (tertiary/aromatic N) is 2. The summed E-state index contributed by atoms with van der Waals surface area (Å²) >= 11 is 0. The third-order valence-corrected chi connectivity index (χ3v) is 5.20. The Bertz CT molecular complexity index is 937. The lowest BCUT2D eigenvalue weighted by molar-refractivity contribution is -0.136. The molecule has 1 aromatic heterocycles. The van der Waals surface area contributed by atoms with Gasteiger partial charge in [-0.05, 0) is 32.8 Å². The first-order valence-corrected chi connectivity index (χ1v) is 10.1. The van der Waals surface area contributed by atoms with Crippen LogP contribution < -0.4 is 21.3 Å². The van der Waals surface area contributed by atoms with E-state index < -0.39 is 18.1 Å². The summed E-state index contributed by atoms with van der Waals surface area (Å²) in [5, 5.41) is 15.7. The fourth-order valence-corrected chi connectivity index (χ4v) is 3.49. The van der Waals surface area contributed by atoms with Gasteiger partial charge < -0.3 is 16.0 Å². The fraction of sp³-hybridized carbons (Fsp3) is 0.429. The Hall–Kier alpha value is -3.20. The van der Waals surface area contributed by atoms with Crippen LogP contribution in [0.1, 0.15) is 43.4 Å². The number of hydrogen-bond donors (Lipinski definition) is 4. The maximum atomic E-state index is 12.4. The normalized spacial score (nSPS) is 21.1. The van der Waals surface area contributed by atoms with E-state index in [0.717, 1.165) is 17.5 Å². The average Bonchev–Trinajstić information content (AvgIpc) is 3.07. The second kappa shape index (κ2) is 9.08. The summed E-state index contributed by atoms with van der Waals surface area (Å²) in [5.41, 5.74) is 2.66. The quantitative estimate of drug-likeness (QED) is 0.553. The van der Waals surface area contributed by atoms with Gasteiger partial charge in [0.15, 0.2) is 6.29 Å². The van der Waals surface area contributed by atoms with Crippen LogP contribution >= 0.6 is 0 Å². The van der Waals surface area contributed by atoms with Gasteiger partial charge in [-0.25, -0.2) is 4.68 Å². The molecule has 3 unspecified atom stereocenters. The molecule has 4 N–H and O–H groups in total. The van der Waals surface area contributed by atoms with Crippen molar-refractivity contribution in [1.29, 1.82) is 0 Å². The lowest BCUT2D eigenvalue weighted by atomic mass is 9.95. The first-order valence-electron chi connectivity index (χ1n) is 10.1. The van der Waals surface area contributed by atoms with Gasteiger partial charge in [-0.1, -0.05) is 36.8 Å². The summed E-state index contributed by atoms with van der Waals surface area (Å²) in [6.07, 6.45) is 0.102. The van der Waals surface area contributed by atoms with Gasteiger partial charge in [-0.3, -0.25) is 19.7 Å². The van der Waals surface area contributed by atoms with E-state index in [4.69, 9.17) is 0 Å². The van der Waals surface area contributed by atoms with Gasteiger partial charge >= 0.3 is 11.8 Å². The third kappa shape index (κ3) is 4.85. The minimum atomic E-state index is -0.801. The summed E-state index contributed by atoms with van der Waals surface area (Å²) in [5.74, 6) is -1.44. The van der Waals surface area contributed by atoms with Gasteiger partial charge in [0.1, 0.15) is 5.82 Å². The Morgan fingerprint density at radius 3 is 2.50 bits per heavy atom. The molecule has 0 saturated carbocycles. The lowest BCUT2D eigenvalue weighted by Crippen LogP contribution is -2.57. The number of aromatic nitrogens is 2. The lowest BCUT2D eigenvalue weighted by Gasteiger charge is -2.35. The maximum Gasteiger partial charge on any atom is 0.314 e. The van der Waals surface area contributed by atoms with E-state index in [1.54, 1.807) is 13.0 Å². The summed E-state index contributed by atoms with van der Waals surface area (Å²) in [4.78, 5) is 37.0. The van der Waals surface area contributed by atoms with E-state index in [2.05, 4.69) is 26.4 Å². The fourth-order valence-electron chi connectivity index (χ4n) is 3.49. The predicted molar refractivity (Wildman–Crippen MR) is 112 cm³/mol. The van der Waals surface area contributed by atoms with Crippen molar-refractivity contribution in [2.45, 2.75) is 53.0 Å². The summed E-state index contributed by atoms with van der Waals surface area (Å²) in [6.45, 7) is 7.90. The predicted octanol–water partition coefficient (Wildman–Crippen LogP) is 1.35. The molecule has 0 radical (unpaired) electrons. The van der Waals surface area contributed by atoms with E-state index in [9.17, 15) is 14.4 Å². The van der Waals surface area contributed by atoms with E-state index >= 15 is 0 Å². The van der Waals surface area contributed by atoms with Crippen molar-refractivity contribution in [3.05, 3.63) is 47.2 Å². The highest BCUT2D eigenvalue weighted by Gasteiger charge is 2.34. The molecule has 0 spiro atoms. The van der Waals surface area contributed by atoms with Crippen molar-refractivity contribution in [2.75, 3.05) is 5.32 Å². The molecule has 30 heavy (non-hydrogen) atoms. The number of aryl methyl sites for hydroxylation is 2. The van der Waals surface area contributed by atoms with Gasteiger partial charge in [-0.2, -0.15) is 5.10 Å². The zero-order valence-electron chi connectivity index (χ0n) is 17.7. The molecule has 1 aromatic carbocycles. The molecule has 1 aliphatic rings. The molecule has 0 aliphatic carbocycles. The highest BCUT2D eigenvalue weighted by Crippen LogP contribution is 2.21. The first-order chi connectivity index (χ1) is 14.3. The highest BCUT2D eigenvalue weighted by atomic mass is 16.2. The van der Waals surface area contributed by atoms with Gasteiger partial charge in [-0.15, -0.1) is 0 Å². The van der Waals surface area contributed by atoms with Gasteiger partial charge in [0.25, 0.3) is 0 Å². The van der Waals surface area contributed by atoms with Crippen LogP contribution in [0.3, 0.4) is 0 Å². The molecule has 1 aliphatic heterocycles. The van der Waals surface area contributed by atoms with Crippen LogP contribution in [0.4, 0.5) is 5.82 Å². The minimum Gasteiger partial charge on any atom is -0.344 e. The second-order valence-corrected chi connectivity index (χ2v) is 7.62. The number of anilines is 1. The molecule has 3 amide bonds.